The smallest absolute Gasteiger partial charge is 0.0297 e. The predicted octanol–water partition coefficient (Wildman–Crippen LogP) is 3.57. The summed E-state index contributed by atoms with van der Waals surface area (Å²) in [6.07, 6.45) is 0. The van der Waals surface area contributed by atoms with E-state index in [-0.39, 0.29) is 14.9 Å². The molecule has 0 bridgehead atoms. The first kappa shape index (κ1) is 11.8. The number of hydrogen-bond donors (Lipinski definition) is 0. The lowest BCUT2D eigenvalue weighted by molar-refractivity contribution is 0.559. The topological polar surface area (TPSA) is 0 Å². The fraction of sp³-hybridized carbons (Fsp3) is 1.00. The van der Waals surface area contributed by atoms with E-state index in [1.165, 1.54) is 0 Å². The summed E-state index contributed by atoms with van der Waals surface area (Å²) in [5.74, 6) is 1.93. The maximum Gasteiger partial charge on any atom is -0.0297 e. The molecule has 2 unspecified atom stereocenters. The van der Waals surface area contributed by atoms with E-state index >= 15 is 0 Å². The summed E-state index contributed by atoms with van der Waals surface area (Å²) in [5.41, 5.74) is 0.667. The van der Waals surface area contributed by atoms with Crippen molar-refractivity contribution in [2.75, 3.05) is 0 Å². The van der Waals surface area contributed by atoms with Crippen molar-refractivity contribution in [3.8, 4) is 0 Å². The lowest BCUT2D eigenvalue weighted by atomic mass is 10.1. The Balaban J connectivity index is 0. The number of rotatable bonds is 0. The summed E-state index contributed by atoms with van der Waals surface area (Å²) in [7, 11) is 0. The molecule has 0 heteroatoms. The molecule has 0 N–H and O–H groups in total. The molecule has 0 aromatic heterocycles. The molecule has 0 aliphatic heterocycles. The summed E-state index contributed by atoms with van der Waals surface area (Å²) >= 11 is 0. The van der Waals surface area contributed by atoms with E-state index in [0.717, 1.165) is 11.8 Å². The average molecular weight is 130 g/mol. The Hall–Kier alpha value is 0. The van der Waals surface area contributed by atoms with Gasteiger partial charge in [-0.15, -0.1) is 0 Å². The first-order valence-corrected chi connectivity index (χ1v) is 3.07. The Bertz CT molecular complexity index is 72.0. The fourth-order valence-electron chi connectivity index (χ4n) is 1.19. The Kier molecular flexibility index (Phi) is 3.56. The van der Waals surface area contributed by atoms with Crippen molar-refractivity contribution in [2.24, 2.45) is 17.3 Å². The summed E-state index contributed by atoms with van der Waals surface area (Å²) in [4.78, 5) is 0. The zero-order valence-electron chi connectivity index (χ0n) is 5.65. The highest BCUT2D eigenvalue weighted by Crippen LogP contribution is 2.57. The van der Waals surface area contributed by atoms with Gasteiger partial charge in [-0.05, 0) is 17.3 Å². The maximum atomic E-state index is 2.34. The molecule has 9 heavy (non-hydrogen) atoms. The predicted molar refractivity (Wildman–Crippen MR) is 45.6 cm³/mol. The van der Waals surface area contributed by atoms with Crippen molar-refractivity contribution < 1.29 is 0 Å². The van der Waals surface area contributed by atoms with E-state index in [4.69, 9.17) is 0 Å². The molecule has 0 saturated heterocycles. The normalized spacial score (nSPS) is 36.0. The molecule has 0 radical (unpaired) electrons. The lowest BCUT2D eigenvalue weighted by Crippen LogP contribution is -1.85. The van der Waals surface area contributed by atoms with Gasteiger partial charge in [-0.2, -0.15) is 0 Å². The standard InChI is InChI=1S/C7H14.2CH4/c1-5-6(2)7(5,3)4;;/h5-6H,1-4H3;2*1H4. The highest BCUT2D eigenvalue weighted by Gasteiger charge is 2.50. The lowest BCUT2D eigenvalue weighted by Gasteiger charge is -1.94. The van der Waals surface area contributed by atoms with Gasteiger partial charge in [0.25, 0.3) is 0 Å². The molecule has 2 atom stereocenters. The van der Waals surface area contributed by atoms with Gasteiger partial charge in [0, 0.05) is 0 Å². The van der Waals surface area contributed by atoms with Gasteiger partial charge in [0.05, 0.1) is 0 Å². The quantitative estimate of drug-likeness (QED) is 0.470. The first-order chi connectivity index (χ1) is 3.07. The van der Waals surface area contributed by atoms with Crippen LogP contribution in [-0.2, 0) is 0 Å². The van der Waals surface area contributed by atoms with Crippen molar-refractivity contribution in [1.82, 2.24) is 0 Å². The molecule has 0 heterocycles. The molecule has 1 aliphatic rings. The second kappa shape index (κ2) is 2.72. The summed E-state index contributed by atoms with van der Waals surface area (Å²) < 4.78 is 0. The third kappa shape index (κ3) is 1.47. The zero-order chi connectivity index (χ0) is 5.65. The van der Waals surface area contributed by atoms with Crippen LogP contribution in [0.2, 0.25) is 0 Å². The van der Waals surface area contributed by atoms with Crippen molar-refractivity contribution in [1.29, 1.82) is 0 Å². The van der Waals surface area contributed by atoms with E-state index in [9.17, 15) is 0 Å². The number of hydrogen-bond acceptors (Lipinski definition) is 0. The minimum Gasteiger partial charge on any atom is -0.0776 e. The Morgan fingerprint density at radius 1 is 0.889 bits per heavy atom. The van der Waals surface area contributed by atoms with Gasteiger partial charge in [-0.25, -0.2) is 0 Å². The van der Waals surface area contributed by atoms with E-state index in [0.29, 0.717) is 5.41 Å². The van der Waals surface area contributed by atoms with Crippen LogP contribution in [0, 0.1) is 17.3 Å². The first-order valence-electron chi connectivity index (χ1n) is 3.07. The van der Waals surface area contributed by atoms with Gasteiger partial charge in [0.1, 0.15) is 0 Å². The largest absolute Gasteiger partial charge is 0.0776 e. The van der Waals surface area contributed by atoms with Crippen LogP contribution in [-0.4, -0.2) is 0 Å². The van der Waals surface area contributed by atoms with Crippen molar-refractivity contribution in [2.45, 2.75) is 42.5 Å². The minimum atomic E-state index is 0. The van der Waals surface area contributed by atoms with Crippen molar-refractivity contribution in [3.63, 3.8) is 0 Å². The molecule has 1 aliphatic carbocycles. The van der Waals surface area contributed by atoms with Crippen LogP contribution < -0.4 is 0 Å². The highest BCUT2D eigenvalue weighted by molar-refractivity contribution is 4.99. The summed E-state index contributed by atoms with van der Waals surface area (Å²) in [5, 5.41) is 0. The minimum absolute atomic E-state index is 0. The van der Waals surface area contributed by atoms with Crippen molar-refractivity contribution in [3.05, 3.63) is 0 Å². The van der Waals surface area contributed by atoms with Crippen LogP contribution in [0.25, 0.3) is 0 Å². The van der Waals surface area contributed by atoms with Gasteiger partial charge in [-0.1, -0.05) is 42.5 Å². The van der Waals surface area contributed by atoms with Gasteiger partial charge in [0.2, 0.25) is 0 Å². The SMILES string of the molecule is C.C.CC1C(C)C1(C)C. The van der Waals surface area contributed by atoms with Crippen LogP contribution >= 0.6 is 0 Å². The molecule has 1 saturated carbocycles. The Morgan fingerprint density at radius 3 is 1.00 bits per heavy atom. The van der Waals surface area contributed by atoms with Crippen molar-refractivity contribution >= 4 is 0 Å². The molecule has 58 valence electrons. The van der Waals surface area contributed by atoms with Gasteiger partial charge < -0.3 is 0 Å². The van der Waals surface area contributed by atoms with Crippen LogP contribution in [0.15, 0.2) is 0 Å². The summed E-state index contributed by atoms with van der Waals surface area (Å²) in [6, 6.07) is 0. The van der Waals surface area contributed by atoms with Gasteiger partial charge in [0.15, 0.2) is 0 Å². The average Bonchev–Trinajstić information content (AvgIpc) is 1.91. The molecule has 0 aromatic rings. The van der Waals surface area contributed by atoms with Crippen LogP contribution in [0.3, 0.4) is 0 Å². The molecular weight excluding hydrogens is 108 g/mol. The monoisotopic (exact) mass is 130 g/mol. The van der Waals surface area contributed by atoms with Crippen LogP contribution in [0.4, 0.5) is 0 Å². The van der Waals surface area contributed by atoms with Crippen LogP contribution in [0.5, 0.6) is 0 Å². The Labute approximate surface area is 60.7 Å². The fourth-order valence-corrected chi connectivity index (χ4v) is 1.19. The molecule has 0 amide bonds. The van der Waals surface area contributed by atoms with Gasteiger partial charge in [-0.3, -0.25) is 0 Å². The molecule has 0 nitrogen and oxygen atoms in total. The van der Waals surface area contributed by atoms with E-state index in [2.05, 4.69) is 27.7 Å². The Morgan fingerprint density at radius 2 is 1.00 bits per heavy atom. The van der Waals surface area contributed by atoms with E-state index < -0.39 is 0 Å². The third-order valence-corrected chi connectivity index (χ3v) is 2.99. The molecule has 1 fully saturated rings. The maximum absolute atomic E-state index is 2.34. The molecule has 0 spiro atoms. The second-order valence-corrected chi connectivity index (χ2v) is 3.40. The zero-order valence-corrected chi connectivity index (χ0v) is 5.65. The molecular formula is C9H22. The van der Waals surface area contributed by atoms with E-state index in [1.54, 1.807) is 0 Å². The third-order valence-electron chi connectivity index (χ3n) is 2.99. The summed E-state index contributed by atoms with van der Waals surface area (Å²) in [6.45, 7) is 9.32. The molecule has 1 rings (SSSR count). The molecule has 0 aromatic carbocycles. The second-order valence-electron chi connectivity index (χ2n) is 3.40. The van der Waals surface area contributed by atoms with E-state index in [1.807, 2.05) is 0 Å². The van der Waals surface area contributed by atoms with Gasteiger partial charge >= 0.3 is 0 Å². The highest BCUT2D eigenvalue weighted by atomic mass is 14.6. The van der Waals surface area contributed by atoms with Crippen LogP contribution in [0.1, 0.15) is 42.5 Å².